The van der Waals surface area contributed by atoms with Gasteiger partial charge < -0.3 is 14.4 Å². The molecule has 0 bridgehead atoms. The molecule has 1 aliphatic carbocycles. The minimum atomic E-state index is -1.85. The van der Waals surface area contributed by atoms with Crippen LogP contribution < -0.4 is 16.1 Å². The smallest absolute Gasteiger partial charge is 0.343 e. The van der Waals surface area contributed by atoms with Crippen molar-refractivity contribution in [1.29, 1.82) is 0 Å². The second kappa shape index (κ2) is 7.37. The van der Waals surface area contributed by atoms with Gasteiger partial charge in [0.05, 0.1) is 17.0 Å². The van der Waals surface area contributed by atoms with E-state index in [9.17, 15) is 19.1 Å². The van der Waals surface area contributed by atoms with Gasteiger partial charge in [-0.1, -0.05) is 12.5 Å². The fourth-order valence-electron chi connectivity index (χ4n) is 5.47. The molecule has 2 aliphatic heterocycles. The zero-order valence-corrected chi connectivity index (χ0v) is 18.6. The standard InChI is InChI=1S/C25H27FN2O4/c1-4-25(31)18-10-21-14(3)27-20-11-19(26)13(2)16-7-5-6-15(22(16)20)8-9-28(21)23(29)17(18)12-32-24(25)30/h10-11,14,31H,4-9,12H2,1-3H3/b27-20-/t14?,25-/m0/s1. The first-order valence-electron chi connectivity index (χ1n) is 11.3. The molecule has 3 heterocycles. The molecule has 1 aromatic heterocycles. The Morgan fingerprint density at radius 1 is 1.25 bits per heavy atom. The van der Waals surface area contributed by atoms with E-state index >= 15 is 0 Å². The summed E-state index contributed by atoms with van der Waals surface area (Å²) in [7, 11) is 0. The van der Waals surface area contributed by atoms with Crippen molar-refractivity contribution in [3.8, 4) is 0 Å². The van der Waals surface area contributed by atoms with Crippen molar-refractivity contribution in [3.63, 3.8) is 0 Å². The number of rotatable bonds is 1. The lowest BCUT2D eigenvalue weighted by Gasteiger charge is -2.32. The summed E-state index contributed by atoms with van der Waals surface area (Å²) in [4.78, 5) is 30.7. The molecule has 0 saturated heterocycles. The predicted molar refractivity (Wildman–Crippen MR) is 116 cm³/mol. The van der Waals surface area contributed by atoms with Gasteiger partial charge in [0, 0.05) is 23.0 Å². The van der Waals surface area contributed by atoms with E-state index < -0.39 is 17.6 Å². The average Bonchev–Trinajstić information content (AvgIpc) is 2.83. The molecule has 0 spiro atoms. The number of aromatic nitrogens is 1. The summed E-state index contributed by atoms with van der Waals surface area (Å²) in [6.07, 6.45) is 3.44. The molecule has 6 nitrogen and oxygen atoms in total. The maximum Gasteiger partial charge on any atom is 0.343 e. The molecular formula is C25H27FN2O4. The number of aliphatic hydroxyl groups is 1. The van der Waals surface area contributed by atoms with E-state index in [1.165, 1.54) is 11.6 Å². The number of halogens is 1. The Balaban J connectivity index is 1.80. The van der Waals surface area contributed by atoms with Crippen LogP contribution in [0.1, 0.15) is 73.5 Å². The highest BCUT2D eigenvalue weighted by atomic mass is 19.1. The van der Waals surface area contributed by atoms with Gasteiger partial charge in [0.25, 0.3) is 5.56 Å². The van der Waals surface area contributed by atoms with Crippen molar-refractivity contribution in [3.05, 3.63) is 66.8 Å². The summed E-state index contributed by atoms with van der Waals surface area (Å²) in [5.74, 6) is -1.00. The zero-order valence-electron chi connectivity index (χ0n) is 18.6. The Bertz CT molecular complexity index is 1340. The van der Waals surface area contributed by atoms with Crippen LogP contribution in [0.3, 0.4) is 0 Å². The van der Waals surface area contributed by atoms with Crippen LogP contribution in [0.4, 0.5) is 4.39 Å². The monoisotopic (exact) mass is 438 g/mol. The van der Waals surface area contributed by atoms with Gasteiger partial charge in [-0.05, 0) is 69.2 Å². The van der Waals surface area contributed by atoms with Crippen molar-refractivity contribution >= 4 is 11.5 Å². The number of carbonyl (C=O) groups is 1. The number of esters is 1. The first kappa shape index (κ1) is 21.1. The molecule has 0 saturated carbocycles. The lowest BCUT2D eigenvalue weighted by atomic mass is 9.85. The number of carbonyl (C=O) groups excluding carboxylic acids is 1. The van der Waals surface area contributed by atoms with Gasteiger partial charge in [0.2, 0.25) is 0 Å². The minimum Gasteiger partial charge on any atom is -0.458 e. The van der Waals surface area contributed by atoms with E-state index in [1.54, 1.807) is 17.6 Å². The molecule has 3 aliphatic rings. The van der Waals surface area contributed by atoms with Crippen molar-refractivity contribution in [2.45, 2.75) is 77.7 Å². The lowest BCUT2D eigenvalue weighted by Crippen LogP contribution is -2.45. The van der Waals surface area contributed by atoms with E-state index in [0.717, 1.165) is 30.0 Å². The quantitative estimate of drug-likeness (QED) is 0.693. The summed E-state index contributed by atoms with van der Waals surface area (Å²) in [6.45, 7) is 5.68. The number of benzene rings is 1. The second-order valence-electron chi connectivity index (χ2n) is 9.08. The van der Waals surface area contributed by atoms with Crippen molar-refractivity contribution in [2.75, 3.05) is 0 Å². The molecule has 2 aromatic rings. The van der Waals surface area contributed by atoms with Gasteiger partial charge in [-0.2, -0.15) is 0 Å². The fourth-order valence-corrected chi connectivity index (χ4v) is 5.47. The van der Waals surface area contributed by atoms with Gasteiger partial charge in [0.1, 0.15) is 12.4 Å². The summed E-state index contributed by atoms with van der Waals surface area (Å²) in [5, 5.41) is 12.7. The van der Waals surface area contributed by atoms with Crippen LogP contribution in [-0.2, 0) is 34.7 Å². The van der Waals surface area contributed by atoms with Crippen LogP contribution >= 0.6 is 0 Å². The molecule has 168 valence electrons. The Morgan fingerprint density at radius 3 is 2.78 bits per heavy atom. The third kappa shape index (κ3) is 2.90. The van der Waals surface area contributed by atoms with Crippen LogP contribution in [0, 0.1) is 12.7 Å². The van der Waals surface area contributed by atoms with Crippen LogP contribution in [0.5, 0.6) is 0 Å². The van der Waals surface area contributed by atoms with E-state index in [-0.39, 0.29) is 24.4 Å². The maximum atomic E-state index is 14.7. The van der Waals surface area contributed by atoms with Crippen molar-refractivity contribution < 1.29 is 19.0 Å². The highest BCUT2D eigenvalue weighted by Crippen LogP contribution is 2.35. The summed E-state index contributed by atoms with van der Waals surface area (Å²) < 4.78 is 21.6. The van der Waals surface area contributed by atoms with Gasteiger partial charge in [-0.3, -0.25) is 9.79 Å². The van der Waals surface area contributed by atoms with Crippen LogP contribution in [-0.4, -0.2) is 15.6 Å². The Labute approximate surface area is 185 Å². The SMILES string of the molecule is CC[C@@]1(O)C(=O)OCc2c1cc1n(c2=O)CCC2=c3c(c(C)c(F)c/c3=N/C1C)CCC2. The highest BCUT2D eigenvalue weighted by molar-refractivity contribution is 5.83. The number of hydrogen-bond acceptors (Lipinski definition) is 5. The summed E-state index contributed by atoms with van der Waals surface area (Å²) in [6, 6.07) is 2.77. The molecular weight excluding hydrogens is 411 g/mol. The summed E-state index contributed by atoms with van der Waals surface area (Å²) in [5.41, 5.74) is 2.03. The summed E-state index contributed by atoms with van der Waals surface area (Å²) >= 11 is 0. The largest absolute Gasteiger partial charge is 0.458 e. The normalized spacial score (nSPS) is 25.3. The fraction of sp³-hybridized carbons (Fsp3) is 0.480. The van der Waals surface area contributed by atoms with E-state index in [4.69, 9.17) is 9.73 Å². The van der Waals surface area contributed by atoms with Crippen molar-refractivity contribution in [1.82, 2.24) is 4.57 Å². The first-order chi connectivity index (χ1) is 15.3. The third-order valence-corrected chi connectivity index (χ3v) is 7.36. The molecule has 32 heavy (non-hydrogen) atoms. The lowest BCUT2D eigenvalue weighted by molar-refractivity contribution is -0.172. The Morgan fingerprint density at radius 2 is 2.03 bits per heavy atom. The molecule has 1 N–H and O–H groups in total. The molecule has 7 heteroatoms. The first-order valence-corrected chi connectivity index (χ1v) is 11.3. The average molecular weight is 438 g/mol. The second-order valence-corrected chi connectivity index (χ2v) is 9.08. The Hall–Kier alpha value is -2.80. The number of hydrogen-bond donors (Lipinski definition) is 1. The molecule has 0 fully saturated rings. The number of pyridine rings is 1. The van der Waals surface area contributed by atoms with E-state index in [1.807, 2.05) is 13.8 Å². The van der Waals surface area contributed by atoms with E-state index in [0.29, 0.717) is 40.7 Å². The van der Waals surface area contributed by atoms with Gasteiger partial charge in [-0.15, -0.1) is 0 Å². The van der Waals surface area contributed by atoms with Crippen molar-refractivity contribution in [2.24, 2.45) is 4.99 Å². The molecule has 2 atom stereocenters. The van der Waals surface area contributed by atoms with Gasteiger partial charge in [0.15, 0.2) is 5.60 Å². The molecule has 1 aromatic carbocycles. The number of ether oxygens (including phenoxy) is 1. The number of fused-ring (bicyclic) bond motifs is 2. The molecule has 5 rings (SSSR count). The number of cyclic esters (lactones) is 1. The topological polar surface area (TPSA) is 80.9 Å². The predicted octanol–water partition coefficient (Wildman–Crippen LogP) is 2.22. The van der Waals surface area contributed by atoms with Gasteiger partial charge in [-0.25, -0.2) is 9.18 Å². The molecule has 0 radical (unpaired) electrons. The third-order valence-electron chi connectivity index (χ3n) is 7.36. The van der Waals surface area contributed by atoms with Gasteiger partial charge >= 0.3 is 5.97 Å². The van der Waals surface area contributed by atoms with E-state index in [2.05, 4.69) is 0 Å². The van der Waals surface area contributed by atoms with Crippen LogP contribution in [0.15, 0.2) is 21.9 Å². The van der Waals surface area contributed by atoms with Crippen LogP contribution in [0.2, 0.25) is 0 Å². The highest BCUT2D eigenvalue weighted by Gasteiger charge is 2.44. The molecule has 1 unspecified atom stereocenters. The van der Waals surface area contributed by atoms with Crippen LogP contribution in [0.25, 0.3) is 5.57 Å². The maximum absolute atomic E-state index is 14.7. The zero-order chi connectivity index (χ0) is 22.8. The Kier molecular flexibility index (Phi) is 4.85. The molecule has 0 amide bonds. The number of nitrogens with zero attached hydrogens (tertiary/aromatic N) is 2. The minimum absolute atomic E-state index is 0.0991.